The molecule has 0 fully saturated rings. The highest BCUT2D eigenvalue weighted by Crippen LogP contribution is 2.37. The SMILES string of the molecule is CCC(C)c1ccc(N(c2ccc(C(C)(C)C)cc2)c2ccc(C(C)(C)C)cc2)cc1. The van der Waals surface area contributed by atoms with Crippen molar-refractivity contribution in [2.45, 2.75) is 78.6 Å². The molecule has 1 unspecified atom stereocenters. The maximum absolute atomic E-state index is 2.36. The minimum absolute atomic E-state index is 0.148. The van der Waals surface area contributed by atoms with E-state index >= 15 is 0 Å². The molecule has 164 valence electrons. The fourth-order valence-electron chi connectivity index (χ4n) is 3.86. The minimum Gasteiger partial charge on any atom is -0.311 e. The van der Waals surface area contributed by atoms with Gasteiger partial charge in [-0.2, -0.15) is 0 Å². The molecule has 0 amide bonds. The second-order valence-corrected chi connectivity index (χ2v) is 10.8. The van der Waals surface area contributed by atoms with E-state index in [1.807, 2.05) is 0 Å². The van der Waals surface area contributed by atoms with Gasteiger partial charge in [0.15, 0.2) is 0 Å². The Balaban J connectivity index is 2.06. The van der Waals surface area contributed by atoms with E-state index in [-0.39, 0.29) is 10.8 Å². The first-order chi connectivity index (χ1) is 14.5. The van der Waals surface area contributed by atoms with Crippen LogP contribution in [0.15, 0.2) is 72.8 Å². The van der Waals surface area contributed by atoms with E-state index < -0.39 is 0 Å². The molecule has 31 heavy (non-hydrogen) atoms. The molecule has 1 nitrogen and oxygen atoms in total. The molecule has 3 aromatic rings. The number of hydrogen-bond acceptors (Lipinski definition) is 1. The number of hydrogen-bond donors (Lipinski definition) is 0. The number of benzene rings is 3. The van der Waals surface area contributed by atoms with Crippen LogP contribution >= 0.6 is 0 Å². The lowest BCUT2D eigenvalue weighted by Gasteiger charge is -2.28. The van der Waals surface area contributed by atoms with Gasteiger partial charge >= 0.3 is 0 Å². The highest BCUT2D eigenvalue weighted by molar-refractivity contribution is 5.76. The van der Waals surface area contributed by atoms with Gasteiger partial charge in [-0.15, -0.1) is 0 Å². The highest BCUT2D eigenvalue weighted by Gasteiger charge is 2.18. The van der Waals surface area contributed by atoms with Gasteiger partial charge in [0.25, 0.3) is 0 Å². The summed E-state index contributed by atoms with van der Waals surface area (Å²) in [5.41, 5.74) is 7.97. The zero-order chi connectivity index (χ0) is 22.8. The van der Waals surface area contributed by atoms with Crippen LogP contribution in [0.5, 0.6) is 0 Å². The van der Waals surface area contributed by atoms with Crippen LogP contribution < -0.4 is 4.90 Å². The Kier molecular flexibility index (Phi) is 6.65. The standard InChI is InChI=1S/C30H39N/c1-9-22(2)23-10-16-26(17-11-23)31(27-18-12-24(13-19-27)29(3,4)5)28-20-14-25(15-21-28)30(6,7)8/h10-22H,9H2,1-8H3. The summed E-state index contributed by atoms with van der Waals surface area (Å²) >= 11 is 0. The van der Waals surface area contributed by atoms with Crippen LogP contribution in [0.1, 0.15) is 84.4 Å². The van der Waals surface area contributed by atoms with Gasteiger partial charge in [0.1, 0.15) is 0 Å². The summed E-state index contributed by atoms with van der Waals surface area (Å²) in [6.07, 6.45) is 1.16. The maximum Gasteiger partial charge on any atom is 0.0461 e. The van der Waals surface area contributed by atoms with Crippen molar-refractivity contribution in [3.63, 3.8) is 0 Å². The first kappa shape index (κ1) is 23.1. The maximum atomic E-state index is 2.36. The Morgan fingerprint density at radius 3 is 1.19 bits per heavy atom. The Hall–Kier alpha value is -2.54. The summed E-state index contributed by atoms with van der Waals surface area (Å²) < 4.78 is 0. The van der Waals surface area contributed by atoms with Crippen molar-refractivity contribution < 1.29 is 0 Å². The van der Waals surface area contributed by atoms with Gasteiger partial charge in [-0.25, -0.2) is 0 Å². The molecule has 0 saturated carbocycles. The minimum atomic E-state index is 0.148. The van der Waals surface area contributed by atoms with Gasteiger partial charge in [0, 0.05) is 17.1 Å². The topological polar surface area (TPSA) is 3.24 Å². The van der Waals surface area contributed by atoms with Crippen molar-refractivity contribution in [2.24, 2.45) is 0 Å². The summed E-state index contributed by atoms with van der Waals surface area (Å²) in [6, 6.07) is 27.1. The summed E-state index contributed by atoms with van der Waals surface area (Å²) in [6.45, 7) is 18.1. The lowest BCUT2D eigenvalue weighted by molar-refractivity contribution is 0.590. The summed E-state index contributed by atoms with van der Waals surface area (Å²) in [5.74, 6) is 0.583. The number of nitrogens with zero attached hydrogens (tertiary/aromatic N) is 1. The molecule has 0 aliphatic carbocycles. The molecule has 3 aromatic carbocycles. The second kappa shape index (κ2) is 8.91. The molecule has 0 bridgehead atoms. The third-order valence-corrected chi connectivity index (χ3v) is 6.32. The van der Waals surface area contributed by atoms with Crippen molar-refractivity contribution in [1.29, 1.82) is 0 Å². The van der Waals surface area contributed by atoms with Crippen LogP contribution in [0.4, 0.5) is 17.1 Å². The molecule has 1 atom stereocenters. The Bertz CT molecular complexity index is 908. The first-order valence-electron chi connectivity index (χ1n) is 11.6. The van der Waals surface area contributed by atoms with Crippen molar-refractivity contribution >= 4 is 17.1 Å². The average molecular weight is 414 g/mol. The first-order valence-corrected chi connectivity index (χ1v) is 11.6. The van der Waals surface area contributed by atoms with Crippen LogP contribution in [-0.2, 0) is 10.8 Å². The van der Waals surface area contributed by atoms with Crippen molar-refractivity contribution in [2.75, 3.05) is 4.90 Å². The summed E-state index contributed by atoms with van der Waals surface area (Å²) in [5, 5.41) is 0. The Morgan fingerprint density at radius 1 is 0.581 bits per heavy atom. The van der Waals surface area contributed by atoms with E-state index in [4.69, 9.17) is 0 Å². The molecule has 0 aliphatic rings. The molecule has 1 heteroatoms. The summed E-state index contributed by atoms with van der Waals surface area (Å²) in [7, 11) is 0. The van der Waals surface area contributed by atoms with Gasteiger partial charge in [0.05, 0.1) is 0 Å². The molecule has 0 saturated heterocycles. The average Bonchev–Trinajstić information content (AvgIpc) is 2.73. The molecule has 0 radical (unpaired) electrons. The van der Waals surface area contributed by atoms with E-state index in [2.05, 4.69) is 133 Å². The third kappa shape index (κ3) is 5.39. The predicted molar refractivity (Wildman–Crippen MR) is 137 cm³/mol. The monoisotopic (exact) mass is 413 g/mol. The normalized spacial score (nSPS) is 13.2. The van der Waals surface area contributed by atoms with Gasteiger partial charge in [-0.1, -0.05) is 91.8 Å². The van der Waals surface area contributed by atoms with E-state index in [0.29, 0.717) is 5.92 Å². The fraction of sp³-hybridized carbons (Fsp3) is 0.400. The fourth-order valence-corrected chi connectivity index (χ4v) is 3.86. The number of rotatable bonds is 5. The molecule has 0 aromatic heterocycles. The van der Waals surface area contributed by atoms with Gasteiger partial charge < -0.3 is 4.90 Å². The van der Waals surface area contributed by atoms with Gasteiger partial charge in [-0.3, -0.25) is 0 Å². The van der Waals surface area contributed by atoms with Crippen LogP contribution in [0.2, 0.25) is 0 Å². The molecular weight excluding hydrogens is 374 g/mol. The van der Waals surface area contributed by atoms with E-state index in [9.17, 15) is 0 Å². The molecule has 0 N–H and O–H groups in total. The Labute approximate surface area is 190 Å². The lowest BCUT2D eigenvalue weighted by Crippen LogP contribution is -2.14. The third-order valence-electron chi connectivity index (χ3n) is 6.32. The van der Waals surface area contributed by atoms with E-state index in [1.54, 1.807) is 0 Å². The quantitative estimate of drug-likeness (QED) is 0.403. The van der Waals surface area contributed by atoms with Crippen LogP contribution in [0.25, 0.3) is 0 Å². The molecular formula is C30H39N. The molecule has 3 rings (SSSR count). The predicted octanol–water partition coefficient (Wildman–Crippen LogP) is 9.26. The zero-order valence-corrected chi connectivity index (χ0v) is 20.7. The van der Waals surface area contributed by atoms with Gasteiger partial charge in [-0.05, 0) is 76.3 Å². The molecule has 0 heterocycles. The molecule has 0 spiro atoms. The second-order valence-electron chi connectivity index (χ2n) is 10.8. The highest BCUT2D eigenvalue weighted by atomic mass is 15.1. The molecule has 0 aliphatic heterocycles. The van der Waals surface area contributed by atoms with Gasteiger partial charge in [0.2, 0.25) is 0 Å². The largest absolute Gasteiger partial charge is 0.311 e. The summed E-state index contributed by atoms with van der Waals surface area (Å²) in [4.78, 5) is 2.36. The number of anilines is 3. The Morgan fingerprint density at radius 2 is 0.903 bits per heavy atom. The lowest BCUT2D eigenvalue weighted by atomic mass is 9.86. The van der Waals surface area contributed by atoms with Crippen LogP contribution in [0, 0.1) is 0 Å². The zero-order valence-electron chi connectivity index (χ0n) is 20.7. The van der Waals surface area contributed by atoms with Crippen LogP contribution in [-0.4, -0.2) is 0 Å². The van der Waals surface area contributed by atoms with Crippen molar-refractivity contribution in [3.8, 4) is 0 Å². The van der Waals surface area contributed by atoms with Crippen LogP contribution in [0.3, 0.4) is 0 Å². The van der Waals surface area contributed by atoms with Crippen molar-refractivity contribution in [3.05, 3.63) is 89.5 Å². The smallest absolute Gasteiger partial charge is 0.0461 e. The van der Waals surface area contributed by atoms with Crippen molar-refractivity contribution in [1.82, 2.24) is 0 Å². The van der Waals surface area contributed by atoms with E-state index in [0.717, 1.165) is 6.42 Å². The van der Waals surface area contributed by atoms with E-state index in [1.165, 1.54) is 33.8 Å².